The van der Waals surface area contributed by atoms with Crippen LogP contribution in [0.4, 0.5) is 0 Å². The Morgan fingerprint density at radius 3 is 2.54 bits per heavy atom. The van der Waals surface area contributed by atoms with Crippen molar-refractivity contribution < 1.29 is 9.53 Å². The van der Waals surface area contributed by atoms with Gasteiger partial charge in [0.2, 0.25) is 5.91 Å². The van der Waals surface area contributed by atoms with E-state index in [2.05, 4.69) is 22.0 Å². The number of rotatable bonds is 8. The monoisotopic (exact) mass is 348 g/mol. The molecule has 0 saturated heterocycles. The van der Waals surface area contributed by atoms with Crippen molar-refractivity contribution in [1.29, 1.82) is 0 Å². The highest BCUT2D eigenvalue weighted by Gasteiger charge is 2.17. The van der Waals surface area contributed by atoms with Crippen LogP contribution in [0.25, 0.3) is 0 Å². The number of amides is 1. The van der Waals surface area contributed by atoms with Gasteiger partial charge in [0.05, 0.1) is 19.6 Å². The second-order valence-electron chi connectivity index (χ2n) is 6.21. The van der Waals surface area contributed by atoms with Crippen LogP contribution in [0.2, 0.25) is 0 Å². The third-order valence-corrected chi connectivity index (χ3v) is 4.42. The van der Waals surface area contributed by atoms with Crippen molar-refractivity contribution in [3.05, 3.63) is 90.3 Å². The maximum atomic E-state index is 12.5. The van der Waals surface area contributed by atoms with Crippen LogP contribution in [0.15, 0.2) is 79.1 Å². The van der Waals surface area contributed by atoms with Crippen molar-refractivity contribution in [3.63, 3.8) is 0 Å². The molecular weight excluding hydrogens is 324 g/mol. The van der Waals surface area contributed by atoms with Gasteiger partial charge in [-0.25, -0.2) is 0 Å². The zero-order valence-electron chi connectivity index (χ0n) is 15.0. The summed E-state index contributed by atoms with van der Waals surface area (Å²) in [5.74, 6) is 0.839. The average molecular weight is 348 g/mol. The molecule has 0 aliphatic heterocycles. The van der Waals surface area contributed by atoms with E-state index >= 15 is 0 Å². The van der Waals surface area contributed by atoms with E-state index in [0.29, 0.717) is 13.0 Å². The number of hydrogen-bond acceptors (Lipinski definition) is 2. The summed E-state index contributed by atoms with van der Waals surface area (Å²) in [6, 6.07) is 22.0. The van der Waals surface area contributed by atoms with Crippen LogP contribution in [0.1, 0.15) is 23.6 Å². The molecule has 2 aromatic carbocycles. The van der Waals surface area contributed by atoms with Gasteiger partial charge in [0, 0.05) is 18.9 Å². The molecule has 0 aliphatic rings. The summed E-state index contributed by atoms with van der Waals surface area (Å²) in [5, 5.41) is 3.04. The normalized spacial score (nSPS) is 11.7. The molecule has 3 rings (SSSR count). The molecule has 0 saturated carbocycles. The summed E-state index contributed by atoms with van der Waals surface area (Å²) in [6.07, 6.45) is 5.19. The summed E-state index contributed by atoms with van der Waals surface area (Å²) >= 11 is 0. The van der Waals surface area contributed by atoms with Gasteiger partial charge < -0.3 is 14.6 Å². The maximum absolute atomic E-state index is 12.5. The predicted octanol–water partition coefficient (Wildman–Crippen LogP) is 3.84. The number of ether oxygens (including phenoxy) is 1. The van der Waals surface area contributed by atoms with Gasteiger partial charge in [0.1, 0.15) is 5.75 Å². The third-order valence-electron chi connectivity index (χ3n) is 4.42. The maximum Gasteiger partial charge on any atom is 0.222 e. The summed E-state index contributed by atoms with van der Waals surface area (Å²) in [5.41, 5.74) is 2.28. The number of benzene rings is 2. The zero-order chi connectivity index (χ0) is 18.2. The Hall–Kier alpha value is -3.01. The van der Waals surface area contributed by atoms with Crippen molar-refractivity contribution in [1.82, 2.24) is 9.88 Å². The van der Waals surface area contributed by atoms with E-state index in [1.54, 1.807) is 7.11 Å². The van der Waals surface area contributed by atoms with Crippen LogP contribution in [-0.4, -0.2) is 24.1 Å². The molecule has 1 amide bonds. The molecule has 0 radical (unpaired) electrons. The number of nitrogens with zero attached hydrogens (tertiary/aromatic N) is 1. The van der Waals surface area contributed by atoms with Crippen LogP contribution in [-0.2, 0) is 11.2 Å². The molecule has 1 N–H and O–H groups in total. The molecule has 0 bridgehead atoms. The van der Waals surface area contributed by atoms with Crippen LogP contribution in [0, 0.1) is 0 Å². The summed E-state index contributed by atoms with van der Waals surface area (Å²) in [7, 11) is 1.65. The lowest BCUT2D eigenvalue weighted by Gasteiger charge is -2.20. The first kappa shape index (κ1) is 17.8. The first-order chi connectivity index (χ1) is 12.8. The largest absolute Gasteiger partial charge is 0.497 e. The van der Waals surface area contributed by atoms with Gasteiger partial charge in [-0.15, -0.1) is 0 Å². The molecule has 0 spiro atoms. The fourth-order valence-corrected chi connectivity index (χ4v) is 3.04. The summed E-state index contributed by atoms with van der Waals surface area (Å²) in [4.78, 5) is 12.5. The molecule has 4 heteroatoms. The minimum atomic E-state index is -0.0585. The second kappa shape index (κ2) is 8.90. The fraction of sp³-hybridized carbons (Fsp3) is 0.227. The van der Waals surface area contributed by atoms with Crippen molar-refractivity contribution in [2.24, 2.45) is 0 Å². The molecule has 1 aromatic heterocycles. The first-order valence-corrected chi connectivity index (χ1v) is 8.83. The fourth-order valence-electron chi connectivity index (χ4n) is 3.04. The van der Waals surface area contributed by atoms with Crippen molar-refractivity contribution in [2.75, 3.05) is 13.7 Å². The first-order valence-electron chi connectivity index (χ1n) is 8.83. The van der Waals surface area contributed by atoms with Gasteiger partial charge in [0.25, 0.3) is 0 Å². The van der Waals surface area contributed by atoms with Gasteiger partial charge in [-0.2, -0.15) is 0 Å². The molecular formula is C22H24N2O2. The van der Waals surface area contributed by atoms with Gasteiger partial charge in [-0.1, -0.05) is 42.5 Å². The lowest BCUT2D eigenvalue weighted by molar-refractivity contribution is -0.121. The number of methoxy groups -OCH3 is 1. The predicted molar refractivity (Wildman–Crippen MR) is 103 cm³/mol. The number of nitrogens with one attached hydrogen (secondary N) is 1. The minimum absolute atomic E-state index is 0.0439. The van der Waals surface area contributed by atoms with Gasteiger partial charge in [0.15, 0.2) is 0 Å². The Morgan fingerprint density at radius 2 is 1.81 bits per heavy atom. The lowest BCUT2D eigenvalue weighted by Crippen LogP contribution is -2.28. The van der Waals surface area contributed by atoms with Crippen molar-refractivity contribution in [3.8, 4) is 5.75 Å². The van der Waals surface area contributed by atoms with E-state index in [1.165, 1.54) is 5.56 Å². The number of hydrogen-bond donors (Lipinski definition) is 1. The summed E-state index contributed by atoms with van der Waals surface area (Å²) < 4.78 is 7.39. The Balaban J connectivity index is 1.65. The Labute approximate surface area is 154 Å². The van der Waals surface area contributed by atoms with Crippen LogP contribution < -0.4 is 10.1 Å². The molecule has 134 valence electrons. The quantitative estimate of drug-likeness (QED) is 0.672. The topological polar surface area (TPSA) is 43.3 Å². The minimum Gasteiger partial charge on any atom is -0.497 e. The highest BCUT2D eigenvalue weighted by molar-refractivity contribution is 5.76. The van der Waals surface area contributed by atoms with E-state index in [-0.39, 0.29) is 11.9 Å². The molecule has 1 heterocycles. The Morgan fingerprint density at radius 1 is 1.04 bits per heavy atom. The zero-order valence-corrected chi connectivity index (χ0v) is 15.0. The third kappa shape index (κ3) is 4.76. The standard InChI is InChI=1S/C22H24N2O2/c1-26-20-11-7-10-19(16-20)21(24-14-5-6-15-24)17-22(25)23-13-12-18-8-3-2-4-9-18/h2-11,14-16,21H,12-13,17H2,1H3,(H,23,25)/t21-/m0/s1. The molecule has 26 heavy (non-hydrogen) atoms. The van der Waals surface area contributed by atoms with E-state index in [4.69, 9.17) is 4.74 Å². The smallest absolute Gasteiger partial charge is 0.222 e. The highest BCUT2D eigenvalue weighted by Crippen LogP contribution is 2.25. The van der Waals surface area contributed by atoms with Gasteiger partial charge >= 0.3 is 0 Å². The lowest BCUT2D eigenvalue weighted by atomic mass is 10.0. The van der Waals surface area contributed by atoms with Gasteiger partial charge in [-0.3, -0.25) is 4.79 Å². The number of aromatic nitrogens is 1. The van der Waals surface area contributed by atoms with Crippen LogP contribution in [0.5, 0.6) is 5.75 Å². The SMILES string of the molecule is COc1cccc([C@H](CC(=O)NCCc2ccccc2)n2cccc2)c1. The summed E-state index contributed by atoms with van der Waals surface area (Å²) in [6.45, 7) is 0.638. The molecule has 1 atom stereocenters. The highest BCUT2D eigenvalue weighted by atomic mass is 16.5. The molecule has 0 aliphatic carbocycles. The second-order valence-corrected chi connectivity index (χ2v) is 6.21. The number of carbonyl (C=O) groups excluding carboxylic acids is 1. The van der Waals surface area contributed by atoms with Crippen LogP contribution in [0.3, 0.4) is 0 Å². The van der Waals surface area contributed by atoms with E-state index in [0.717, 1.165) is 17.7 Å². The van der Waals surface area contributed by atoms with E-state index < -0.39 is 0 Å². The molecule has 4 nitrogen and oxygen atoms in total. The van der Waals surface area contributed by atoms with Crippen molar-refractivity contribution in [2.45, 2.75) is 18.9 Å². The average Bonchev–Trinajstić information content (AvgIpc) is 3.21. The number of carbonyl (C=O) groups is 1. The van der Waals surface area contributed by atoms with Crippen molar-refractivity contribution >= 4 is 5.91 Å². The molecule has 0 fully saturated rings. The molecule has 3 aromatic rings. The van der Waals surface area contributed by atoms with E-state index in [9.17, 15) is 4.79 Å². The van der Waals surface area contributed by atoms with Crippen LogP contribution >= 0.6 is 0 Å². The molecule has 0 unspecified atom stereocenters. The Bertz CT molecular complexity index is 813. The Kier molecular flexibility index (Phi) is 6.09. The van der Waals surface area contributed by atoms with Gasteiger partial charge in [-0.05, 0) is 41.8 Å². The van der Waals surface area contributed by atoms with E-state index in [1.807, 2.05) is 67.0 Å².